The molecule has 0 aliphatic carbocycles. The third kappa shape index (κ3) is 1.46. The van der Waals surface area contributed by atoms with Crippen molar-refractivity contribution in [2.45, 2.75) is 6.73 Å². The summed E-state index contributed by atoms with van der Waals surface area (Å²) in [7, 11) is 0. The second kappa shape index (κ2) is 3.41. The molecule has 1 aromatic heterocycles. The zero-order valence-corrected chi connectivity index (χ0v) is 7.09. The van der Waals surface area contributed by atoms with Gasteiger partial charge in [0, 0.05) is 18.0 Å². The van der Waals surface area contributed by atoms with Crippen LogP contribution < -0.4 is 0 Å². The average molecular weight is 174 g/mol. The van der Waals surface area contributed by atoms with Gasteiger partial charge in [-0.1, -0.05) is 30.3 Å². The van der Waals surface area contributed by atoms with E-state index in [9.17, 15) is 0 Å². The summed E-state index contributed by atoms with van der Waals surface area (Å²) in [6.07, 6.45) is 3.43. The molecule has 66 valence electrons. The lowest BCUT2D eigenvalue weighted by Crippen LogP contribution is -1.97. The zero-order chi connectivity index (χ0) is 9.10. The third-order valence-corrected chi connectivity index (χ3v) is 1.90. The monoisotopic (exact) mass is 174 g/mol. The average Bonchev–Trinajstić information content (AvgIpc) is 2.67. The molecule has 0 aliphatic heterocycles. The molecule has 0 fully saturated rings. The number of imidazole rings is 1. The van der Waals surface area contributed by atoms with Crippen molar-refractivity contribution in [2.24, 2.45) is 0 Å². The van der Waals surface area contributed by atoms with Gasteiger partial charge >= 0.3 is 0 Å². The highest BCUT2D eigenvalue weighted by Crippen LogP contribution is 2.15. The molecule has 1 heterocycles. The van der Waals surface area contributed by atoms with E-state index in [4.69, 9.17) is 5.11 Å². The highest BCUT2D eigenvalue weighted by molar-refractivity contribution is 5.54. The van der Waals surface area contributed by atoms with Crippen LogP contribution in [0.15, 0.2) is 42.7 Å². The van der Waals surface area contributed by atoms with E-state index in [1.807, 2.05) is 30.3 Å². The van der Waals surface area contributed by atoms with Gasteiger partial charge < -0.3 is 9.67 Å². The van der Waals surface area contributed by atoms with E-state index in [1.165, 1.54) is 0 Å². The Morgan fingerprint density at radius 1 is 1.23 bits per heavy atom. The lowest BCUT2D eigenvalue weighted by molar-refractivity contribution is 0.212. The second-order valence-electron chi connectivity index (χ2n) is 2.73. The van der Waals surface area contributed by atoms with Crippen LogP contribution in [0.2, 0.25) is 0 Å². The summed E-state index contributed by atoms with van der Waals surface area (Å²) in [5.74, 6) is 0.795. The van der Waals surface area contributed by atoms with Crippen LogP contribution in [0.1, 0.15) is 0 Å². The molecular formula is C10H10N2O. The van der Waals surface area contributed by atoms with Crippen LogP contribution in [-0.2, 0) is 6.73 Å². The highest BCUT2D eigenvalue weighted by Gasteiger charge is 2.02. The number of aliphatic hydroxyl groups excluding tert-OH is 1. The van der Waals surface area contributed by atoms with E-state index < -0.39 is 0 Å². The first-order valence-electron chi connectivity index (χ1n) is 4.09. The molecule has 3 nitrogen and oxygen atoms in total. The van der Waals surface area contributed by atoms with E-state index in [0.29, 0.717) is 0 Å². The van der Waals surface area contributed by atoms with Crippen molar-refractivity contribution in [3.05, 3.63) is 42.7 Å². The van der Waals surface area contributed by atoms with E-state index in [-0.39, 0.29) is 6.73 Å². The van der Waals surface area contributed by atoms with Crippen LogP contribution in [0.3, 0.4) is 0 Å². The standard InChI is InChI=1S/C10H10N2O/c13-8-12-7-6-11-10(12)9-4-2-1-3-5-9/h1-7,13H,8H2. The SMILES string of the molecule is OCn1ccnc1-c1ccccc1. The molecule has 0 radical (unpaired) electrons. The van der Waals surface area contributed by atoms with Crippen molar-refractivity contribution < 1.29 is 5.11 Å². The van der Waals surface area contributed by atoms with Gasteiger partial charge in [0.2, 0.25) is 0 Å². The lowest BCUT2D eigenvalue weighted by atomic mass is 10.2. The Labute approximate surface area is 76.3 Å². The van der Waals surface area contributed by atoms with Gasteiger partial charge in [-0.15, -0.1) is 0 Å². The van der Waals surface area contributed by atoms with Crippen molar-refractivity contribution in [3.63, 3.8) is 0 Å². The van der Waals surface area contributed by atoms with Gasteiger partial charge in [0.15, 0.2) is 0 Å². The summed E-state index contributed by atoms with van der Waals surface area (Å²) >= 11 is 0. The molecule has 0 saturated carbocycles. The molecule has 1 aromatic carbocycles. The van der Waals surface area contributed by atoms with Crippen molar-refractivity contribution in [2.75, 3.05) is 0 Å². The largest absolute Gasteiger partial charge is 0.376 e. The number of aromatic nitrogens is 2. The van der Waals surface area contributed by atoms with Gasteiger partial charge in [-0.05, 0) is 0 Å². The number of benzene rings is 1. The molecular weight excluding hydrogens is 164 g/mol. The Hall–Kier alpha value is -1.61. The molecule has 0 bridgehead atoms. The number of nitrogens with zero attached hydrogens (tertiary/aromatic N) is 2. The predicted molar refractivity (Wildman–Crippen MR) is 49.9 cm³/mol. The maximum atomic E-state index is 8.99. The van der Waals surface area contributed by atoms with Crippen molar-refractivity contribution in [1.82, 2.24) is 9.55 Å². The van der Waals surface area contributed by atoms with Crippen molar-refractivity contribution >= 4 is 0 Å². The van der Waals surface area contributed by atoms with Gasteiger partial charge in [0.1, 0.15) is 12.6 Å². The van der Waals surface area contributed by atoms with Gasteiger partial charge in [0.05, 0.1) is 0 Å². The van der Waals surface area contributed by atoms with E-state index in [2.05, 4.69) is 4.98 Å². The maximum absolute atomic E-state index is 8.99. The fraction of sp³-hybridized carbons (Fsp3) is 0.100. The van der Waals surface area contributed by atoms with Gasteiger partial charge in [-0.25, -0.2) is 4.98 Å². The Kier molecular flexibility index (Phi) is 2.10. The van der Waals surface area contributed by atoms with Crippen molar-refractivity contribution in [1.29, 1.82) is 0 Å². The van der Waals surface area contributed by atoms with Crippen LogP contribution in [0.4, 0.5) is 0 Å². The molecule has 2 aromatic rings. The van der Waals surface area contributed by atoms with Crippen molar-refractivity contribution in [3.8, 4) is 11.4 Å². The molecule has 0 atom stereocenters. The first-order chi connectivity index (χ1) is 6.42. The maximum Gasteiger partial charge on any atom is 0.141 e. The normalized spacial score (nSPS) is 10.2. The molecule has 2 rings (SSSR count). The summed E-state index contributed by atoms with van der Waals surface area (Å²) in [5.41, 5.74) is 1.02. The fourth-order valence-corrected chi connectivity index (χ4v) is 1.27. The zero-order valence-electron chi connectivity index (χ0n) is 7.09. The topological polar surface area (TPSA) is 38.0 Å². The predicted octanol–water partition coefficient (Wildman–Crippen LogP) is 1.50. The molecule has 0 unspecified atom stereocenters. The van der Waals surface area contributed by atoms with Crippen LogP contribution in [-0.4, -0.2) is 14.7 Å². The molecule has 3 heteroatoms. The Morgan fingerprint density at radius 2 is 2.00 bits per heavy atom. The lowest BCUT2D eigenvalue weighted by Gasteiger charge is -2.02. The molecule has 13 heavy (non-hydrogen) atoms. The Morgan fingerprint density at radius 3 is 2.69 bits per heavy atom. The quantitative estimate of drug-likeness (QED) is 0.749. The van der Waals surface area contributed by atoms with Gasteiger partial charge in [-0.3, -0.25) is 0 Å². The van der Waals surface area contributed by atoms with Crippen LogP contribution in [0.5, 0.6) is 0 Å². The molecule has 0 saturated heterocycles. The molecule has 0 amide bonds. The number of hydrogen-bond acceptors (Lipinski definition) is 2. The summed E-state index contributed by atoms with van der Waals surface area (Å²) in [6.45, 7) is -0.0375. The number of rotatable bonds is 2. The van der Waals surface area contributed by atoms with E-state index in [0.717, 1.165) is 11.4 Å². The Balaban J connectivity index is 2.47. The molecule has 0 spiro atoms. The minimum Gasteiger partial charge on any atom is -0.376 e. The summed E-state index contributed by atoms with van der Waals surface area (Å²) in [6, 6.07) is 9.79. The number of hydrogen-bond donors (Lipinski definition) is 1. The summed E-state index contributed by atoms with van der Waals surface area (Å²) in [5, 5.41) is 8.99. The van der Waals surface area contributed by atoms with Crippen LogP contribution in [0, 0.1) is 0 Å². The first-order valence-corrected chi connectivity index (χ1v) is 4.09. The second-order valence-corrected chi connectivity index (χ2v) is 2.73. The minimum atomic E-state index is -0.0375. The Bertz CT molecular complexity index is 381. The molecule has 0 aliphatic rings. The molecule has 1 N–H and O–H groups in total. The first kappa shape index (κ1) is 8.01. The van der Waals surface area contributed by atoms with Crippen LogP contribution in [0.25, 0.3) is 11.4 Å². The van der Waals surface area contributed by atoms with Gasteiger partial charge in [0.25, 0.3) is 0 Å². The fourth-order valence-electron chi connectivity index (χ4n) is 1.27. The van der Waals surface area contributed by atoms with Gasteiger partial charge in [-0.2, -0.15) is 0 Å². The summed E-state index contributed by atoms with van der Waals surface area (Å²) < 4.78 is 1.69. The smallest absolute Gasteiger partial charge is 0.141 e. The third-order valence-electron chi connectivity index (χ3n) is 1.90. The minimum absolute atomic E-state index is 0.0375. The van der Waals surface area contributed by atoms with Crippen LogP contribution >= 0.6 is 0 Å². The van der Waals surface area contributed by atoms with E-state index in [1.54, 1.807) is 17.0 Å². The highest BCUT2D eigenvalue weighted by atomic mass is 16.3. The summed E-state index contributed by atoms with van der Waals surface area (Å²) in [4.78, 5) is 4.16. The number of aliphatic hydroxyl groups is 1. The van der Waals surface area contributed by atoms with E-state index >= 15 is 0 Å².